The van der Waals surface area contributed by atoms with Crippen LogP contribution in [0.25, 0.3) is 0 Å². The highest BCUT2D eigenvalue weighted by Gasteiger charge is 2.25. The smallest absolute Gasteiger partial charge is 0.193 e. The first-order valence-electron chi connectivity index (χ1n) is 9.94. The number of rotatable bonds is 7. The van der Waals surface area contributed by atoms with Crippen molar-refractivity contribution in [3.05, 3.63) is 71.8 Å². The zero-order chi connectivity index (χ0) is 18.9. The van der Waals surface area contributed by atoms with Gasteiger partial charge >= 0.3 is 0 Å². The van der Waals surface area contributed by atoms with Crippen LogP contribution < -0.4 is 5.32 Å². The Kier molecular flexibility index (Phi) is 9.78. The number of ether oxygens (including phenoxy) is 1. The molecule has 3 rings (SSSR count). The Bertz CT molecular complexity index is 669. The number of benzene rings is 2. The van der Waals surface area contributed by atoms with Gasteiger partial charge in [-0.05, 0) is 24.5 Å². The first kappa shape index (κ1) is 22.7. The third kappa shape index (κ3) is 6.21. The number of hydrogen-bond acceptors (Lipinski definition) is 2. The highest BCUT2D eigenvalue weighted by Crippen LogP contribution is 2.25. The fourth-order valence-corrected chi connectivity index (χ4v) is 3.77. The van der Waals surface area contributed by atoms with Crippen LogP contribution in [0.2, 0.25) is 0 Å². The van der Waals surface area contributed by atoms with Gasteiger partial charge in [-0.15, -0.1) is 24.0 Å². The average Bonchev–Trinajstić information content (AvgIpc) is 3.18. The van der Waals surface area contributed by atoms with E-state index in [2.05, 4.69) is 77.8 Å². The topological polar surface area (TPSA) is 36.9 Å². The molecule has 1 fully saturated rings. The lowest BCUT2D eigenvalue weighted by Gasteiger charge is -2.23. The summed E-state index contributed by atoms with van der Waals surface area (Å²) in [7, 11) is 1.78. The number of guanidine groups is 1. The highest BCUT2D eigenvalue weighted by molar-refractivity contribution is 14.0. The van der Waals surface area contributed by atoms with Crippen LogP contribution >= 0.6 is 24.0 Å². The van der Waals surface area contributed by atoms with E-state index in [1.165, 1.54) is 17.5 Å². The normalized spacial score (nSPS) is 16.9. The van der Waals surface area contributed by atoms with Crippen molar-refractivity contribution in [2.45, 2.75) is 19.3 Å². The van der Waals surface area contributed by atoms with E-state index in [4.69, 9.17) is 9.73 Å². The summed E-state index contributed by atoms with van der Waals surface area (Å²) in [5.74, 6) is 1.88. The van der Waals surface area contributed by atoms with Crippen molar-refractivity contribution in [2.75, 3.05) is 39.9 Å². The molecular weight excluding hydrogens is 461 g/mol. The molecule has 0 aromatic heterocycles. The molecule has 1 saturated heterocycles. The highest BCUT2D eigenvalue weighted by atomic mass is 127. The quantitative estimate of drug-likeness (QED) is 0.354. The molecule has 1 aliphatic heterocycles. The van der Waals surface area contributed by atoms with E-state index in [-0.39, 0.29) is 29.9 Å². The minimum absolute atomic E-state index is 0. The molecule has 28 heavy (non-hydrogen) atoms. The largest absolute Gasteiger partial charge is 0.384 e. The molecular formula is C23H32IN3O. The van der Waals surface area contributed by atoms with Crippen LogP contribution in [0.15, 0.2) is 65.7 Å². The van der Waals surface area contributed by atoms with E-state index in [1.807, 2.05) is 0 Å². The Balaban J connectivity index is 0.00000280. The number of methoxy groups -OCH3 is 1. The number of nitrogens with one attached hydrogen (secondary N) is 1. The third-order valence-electron chi connectivity index (χ3n) is 5.15. The SMILES string of the molecule is CCNC(=NCC(c1ccccc1)c1ccccc1)N1CCC(COC)C1.I. The molecule has 0 aliphatic carbocycles. The summed E-state index contributed by atoms with van der Waals surface area (Å²) in [5.41, 5.74) is 2.61. The van der Waals surface area contributed by atoms with Crippen LogP contribution in [-0.2, 0) is 4.74 Å². The van der Waals surface area contributed by atoms with E-state index in [0.29, 0.717) is 5.92 Å². The Morgan fingerprint density at radius 2 is 1.71 bits per heavy atom. The lowest BCUT2D eigenvalue weighted by molar-refractivity contribution is 0.157. The van der Waals surface area contributed by atoms with E-state index < -0.39 is 0 Å². The predicted molar refractivity (Wildman–Crippen MR) is 128 cm³/mol. The minimum atomic E-state index is 0. The molecule has 0 saturated carbocycles. The van der Waals surface area contributed by atoms with Crippen molar-refractivity contribution in [1.82, 2.24) is 10.2 Å². The van der Waals surface area contributed by atoms with Gasteiger partial charge in [0, 0.05) is 38.6 Å². The van der Waals surface area contributed by atoms with Gasteiger partial charge < -0.3 is 15.0 Å². The molecule has 0 bridgehead atoms. The van der Waals surface area contributed by atoms with Gasteiger partial charge in [0.25, 0.3) is 0 Å². The van der Waals surface area contributed by atoms with Crippen molar-refractivity contribution in [3.8, 4) is 0 Å². The van der Waals surface area contributed by atoms with E-state index in [9.17, 15) is 0 Å². The Labute approximate surface area is 186 Å². The second-order valence-electron chi connectivity index (χ2n) is 7.12. The minimum Gasteiger partial charge on any atom is -0.384 e. The second kappa shape index (κ2) is 12.1. The second-order valence-corrected chi connectivity index (χ2v) is 7.12. The van der Waals surface area contributed by atoms with E-state index in [0.717, 1.165) is 38.7 Å². The molecule has 152 valence electrons. The van der Waals surface area contributed by atoms with Gasteiger partial charge in [0.15, 0.2) is 5.96 Å². The van der Waals surface area contributed by atoms with Gasteiger partial charge in [-0.1, -0.05) is 60.7 Å². The molecule has 0 radical (unpaired) electrons. The summed E-state index contributed by atoms with van der Waals surface area (Å²) in [6.07, 6.45) is 1.17. The van der Waals surface area contributed by atoms with Gasteiger partial charge in [-0.2, -0.15) is 0 Å². The van der Waals surface area contributed by atoms with Crippen LogP contribution in [0, 0.1) is 5.92 Å². The number of hydrogen-bond donors (Lipinski definition) is 1. The lowest BCUT2D eigenvalue weighted by Crippen LogP contribution is -2.40. The molecule has 1 N–H and O–H groups in total. The van der Waals surface area contributed by atoms with Gasteiger partial charge in [-0.3, -0.25) is 4.99 Å². The number of nitrogens with zero attached hydrogens (tertiary/aromatic N) is 2. The van der Waals surface area contributed by atoms with Crippen LogP contribution in [0.1, 0.15) is 30.4 Å². The maximum absolute atomic E-state index is 5.34. The van der Waals surface area contributed by atoms with Gasteiger partial charge in [0.05, 0.1) is 13.2 Å². The molecule has 1 unspecified atom stereocenters. The lowest BCUT2D eigenvalue weighted by atomic mass is 9.91. The molecule has 0 amide bonds. The Morgan fingerprint density at radius 3 is 2.25 bits per heavy atom. The molecule has 1 atom stereocenters. The van der Waals surface area contributed by atoms with E-state index in [1.54, 1.807) is 7.11 Å². The van der Waals surface area contributed by atoms with Gasteiger partial charge in [0.1, 0.15) is 0 Å². The summed E-state index contributed by atoms with van der Waals surface area (Å²) >= 11 is 0. The fourth-order valence-electron chi connectivity index (χ4n) is 3.77. The van der Waals surface area contributed by atoms with Crippen molar-refractivity contribution < 1.29 is 4.74 Å². The van der Waals surface area contributed by atoms with Gasteiger partial charge in [0.2, 0.25) is 0 Å². The first-order chi connectivity index (χ1) is 13.3. The van der Waals surface area contributed by atoms with Gasteiger partial charge in [-0.25, -0.2) is 0 Å². The Morgan fingerprint density at radius 1 is 1.11 bits per heavy atom. The summed E-state index contributed by atoms with van der Waals surface area (Å²) in [5, 5.41) is 3.48. The first-order valence-corrected chi connectivity index (χ1v) is 9.94. The molecule has 0 spiro atoms. The molecule has 1 heterocycles. The summed E-state index contributed by atoms with van der Waals surface area (Å²) in [6, 6.07) is 21.4. The zero-order valence-electron chi connectivity index (χ0n) is 16.9. The third-order valence-corrected chi connectivity index (χ3v) is 5.15. The molecule has 2 aromatic rings. The molecule has 5 heteroatoms. The maximum atomic E-state index is 5.34. The number of aliphatic imine (C=N–C) groups is 1. The summed E-state index contributed by atoms with van der Waals surface area (Å²) in [4.78, 5) is 7.41. The predicted octanol–water partition coefficient (Wildman–Crippen LogP) is 4.37. The standard InChI is InChI=1S/C23H31N3O.HI/c1-3-24-23(26-15-14-19(17-26)18-27-2)25-16-22(20-10-6-4-7-11-20)21-12-8-5-9-13-21;/h4-13,19,22H,3,14-18H2,1-2H3,(H,24,25);1H. The number of likely N-dealkylation sites (tertiary alicyclic amines) is 1. The van der Waals surface area contributed by atoms with Crippen LogP contribution in [0.4, 0.5) is 0 Å². The molecule has 1 aliphatic rings. The molecule has 4 nitrogen and oxygen atoms in total. The maximum Gasteiger partial charge on any atom is 0.193 e. The van der Waals surface area contributed by atoms with Crippen molar-refractivity contribution in [2.24, 2.45) is 10.9 Å². The summed E-state index contributed by atoms with van der Waals surface area (Å²) in [6.45, 7) is 6.63. The van der Waals surface area contributed by atoms with Crippen molar-refractivity contribution in [3.63, 3.8) is 0 Å². The van der Waals surface area contributed by atoms with Crippen LogP contribution in [0.3, 0.4) is 0 Å². The van der Waals surface area contributed by atoms with Crippen LogP contribution in [-0.4, -0.2) is 50.8 Å². The Hall–Kier alpha value is -1.60. The van der Waals surface area contributed by atoms with Crippen molar-refractivity contribution >= 4 is 29.9 Å². The summed E-state index contributed by atoms with van der Waals surface area (Å²) < 4.78 is 5.34. The molecule has 2 aromatic carbocycles. The zero-order valence-corrected chi connectivity index (χ0v) is 19.2. The van der Waals surface area contributed by atoms with Crippen LogP contribution in [0.5, 0.6) is 0 Å². The number of halogens is 1. The average molecular weight is 493 g/mol. The monoisotopic (exact) mass is 493 g/mol. The fraction of sp³-hybridized carbons (Fsp3) is 0.435. The van der Waals surface area contributed by atoms with E-state index >= 15 is 0 Å². The van der Waals surface area contributed by atoms with Crippen molar-refractivity contribution in [1.29, 1.82) is 0 Å².